The highest BCUT2D eigenvalue weighted by Gasteiger charge is 2.40. The molecule has 7 heteroatoms. The van der Waals surface area contributed by atoms with Crippen LogP contribution >= 0.6 is 0 Å². The Morgan fingerprint density at radius 3 is 2.73 bits per heavy atom. The van der Waals surface area contributed by atoms with Gasteiger partial charge in [0.05, 0.1) is 0 Å². The quantitative estimate of drug-likeness (QED) is 0.768. The van der Waals surface area contributed by atoms with Gasteiger partial charge in [-0.15, -0.1) is 0 Å². The molecule has 1 saturated carbocycles. The summed E-state index contributed by atoms with van der Waals surface area (Å²) in [6, 6.07) is 5.56. The molecule has 0 spiro atoms. The standard InChI is InChI=1S/C23H29N3O4/c1-14-9-10-25(12-14)18-3-2-4-20(18)30-16-5-6-17-15(11-16)13-26(23(17)29)19-7-8-21(27)24-22(19)28/h5-6,11,14,18-20H,2-4,7-10,12-13H2,1H3,(H,24,27,28)/t14-,18?,19?,20?/m0/s1. The van der Waals surface area contributed by atoms with Crippen LogP contribution in [0.1, 0.15) is 61.4 Å². The normalized spacial score (nSPS) is 31.9. The van der Waals surface area contributed by atoms with E-state index in [4.69, 9.17) is 4.74 Å². The van der Waals surface area contributed by atoms with Crippen LogP contribution in [0, 0.1) is 5.92 Å². The lowest BCUT2D eigenvalue weighted by atomic mass is 10.0. The van der Waals surface area contributed by atoms with Crippen molar-refractivity contribution in [3.8, 4) is 5.75 Å². The second kappa shape index (κ2) is 7.69. The molecule has 3 fully saturated rings. The summed E-state index contributed by atoms with van der Waals surface area (Å²) in [7, 11) is 0. The summed E-state index contributed by atoms with van der Waals surface area (Å²) < 4.78 is 6.42. The van der Waals surface area contributed by atoms with E-state index in [0.29, 0.717) is 24.6 Å². The van der Waals surface area contributed by atoms with Crippen LogP contribution in [0.3, 0.4) is 0 Å². The van der Waals surface area contributed by atoms with E-state index in [1.165, 1.54) is 19.3 Å². The monoisotopic (exact) mass is 411 g/mol. The number of likely N-dealkylation sites (tertiary alicyclic amines) is 1. The molecular formula is C23H29N3O4. The number of amides is 3. The number of piperidine rings is 1. The molecule has 0 radical (unpaired) electrons. The van der Waals surface area contributed by atoms with Gasteiger partial charge in [-0.2, -0.15) is 0 Å². The molecular weight excluding hydrogens is 382 g/mol. The van der Waals surface area contributed by atoms with E-state index in [9.17, 15) is 14.4 Å². The van der Waals surface area contributed by atoms with E-state index in [-0.39, 0.29) is 30.2 Å². The van der Waals surface area contributed by atoms with E-state index in [0.717, 1.165) is 36.7 Å². The van der Waals surface area contributed by atoms with Gasteiger partial charge in [0, 0.05) is 31.1 Å². The Morgan fingerprint density at radius 1 is 1.10 bits per heavy atom. The summed E-state index contributed by atoms with van der Waals surface area (Å²) >= 11 is 0. The minimum atomic E-state index is -0.580. The molecule has 3 unspecified atom stereocenters. The van der Waals surface area contributed by atoms with Crippen molar-refractivity contribution in [2.75, 3.05) is 13.1 Å². The molecule has 1 N–H and O–H groups in total. The lowest BCUT2D eigenvalue weighted by Crippen LogP contribution is -2.52. The van der Waals surface area contributed by atoms with Crippen LogP contribution in [0.15, 0.2) is 18.2 Å². The molecule has 160 valence electrons. The molecule has 4 aliphatic rings. The topological polar surface area (TPSA) is 79.0 Å². The maximum Gasteiger partial charge on any atom is 0.255 e. The summed E-state index contributed by atoms with van der Waals surface area (Å²) in [6.07, 6.45) is 5.54. The van der Waals surface area contributed by atoms with Gasteiger partial charge in [-0.05, 0) is 68.3 Å². The lowest BCUT2D eigenvalue weighted by Gasteiger charge is -2.30. The van der Waals surface area contributed by atoms with Crippen LogP contribution in [0.2, 0.25) is 0 Å². The number of hydrogen-bond donors (Lipinski definition) is 1. The Bertz CT molecular complexity index is 885. The third-order valence-corrected chi connectivity index (χ3v) is 7.12. The SMILES string of the molecule is C[C@H]1CCN(C2CCCC2Oc2ccc3c(c2)CN(C2CCC(=O)NC2=O)C3=O)C1. The van der Waals surface area contributed by atoms with Crippen LogP contribution in [0.4, 0.5) is 0 Å². The zero-order chi connectivity index (χ0) is 20.8. The number of nitrogens with zero attached hydrogens (tertiary/aromatic N) is 2. The van der Waals surface area contributed by atoms with Crippen molar-refractivity contribution in [3.05, 3.63) is 29.3 Å². The van der Waals surface area contributed by atoms with Gasteiger partial charge in [0.15, 0.2) is 0 Å². The number of nitrogens with one attached hydrogen (secondary N) is 1. The Labute approximate surface area is 176 Å². The maximum absolute atomic E-state index is 12.8. The van der Waals surface area contributed by atoms with Crippen molar-refractivity contribution < 1.29 is 19.1 Å². The van der Waals surface area contributed by atoms with Crippen LogP contribution in [-0.4, -0.2) is 58.8 Å². The summed E-state index contributed by atoms with van der Waals surface area (Å²) in [6.45, 7) is 5.02. The molecule has 5 rings (SSSR count). The van der Waals surface area contributed by atoms with Crippen molar-refractivity contribution in [3.63, 3.8) is 0 Å². The molecule has 1 aromatic carbocycles. The van der Waals surface area contributed by atoms with E-state index >= 15 is 0 Å². The fourth-order valence-electron chi connectivity index (χ4n) is 5.53. The summed E-state index contributed by atoms with van der Waals surface area (Å²) in [4.78, 5) is 40.7. The molecule has 1 aromatic rings. The van der Waals surface area contributed by atoms with Crippen molar-refractivity contribution in [2.24, 2.45) is 5.92 Å². The van der Waals surface area contributed by atoms with Gasteiger partial charge in [-0.1, -0.05) is 6.92 Å². The molecule has 3 amide bonds. The predicted octanol–water partition coefficient (Wildman–Crippen LogP) is 2.09. The van der Waals surface area contributed by atoms with Crippen molar-refractivity contribution in [1.82, 2.24) is 15.1 Å². The van der Waals surface area contributed by atoms with Crippen LogP contribution in [-0.2, 0) is 16.1 Å². The van der Waals surface area contributed by atoms with E-state index in [2.05, 4.69) is 17.1 Å². The number of fused-ring (bicyclic) bond motifs is 1. The molecule has 0 bridgehead atoms. The first-order valence-electron chi connectivity index (χ1n) is 11.2. The number of rotatable bonds is 4. The lowest BCUT2D eigenvalue weighted by molar-refractivity contribution is -0.136. The number of carbonyl (C=O) groups is 3. The number of ether oxygens (including phenoxy) is 1. The molecule has 3 aliphatic heterocycles. The van der Waals surface area contributed by atoms with Gasteiger partial charge in [-0.25, -0.2) is 0 Å². The Hall–Kier alpha value is -2.41. The van der Waals surface area contributed by atoms with Gasteiger partial charge >= 0.3 is 0 Å². The highest BCUT2D eigenvalue weighted by molar-refractivity contribution is 6.05. The Kier molecular flexibility index (Phi) is 5.01. The highest BCUT2D eigenvalue weighted by Crippen LogP contribution is 2.34. The van der Waals surface area contributed by atoms with Gasteiger partial charge in [-0.3, -0.25) is 24.6 Å². The van der Waals surface area contributed by atoms with E-state index in [1.807, 2.05) is 18.2 Å². The number of hydrogen-bond acceptors (Lipinski definition) is 5. The van der Waals surface area contributed by atoms with E-state index in [1.54, 1.807) is 4.90 Å². The molecule has 1 aliphatic carbocycles. The molecule has 2 saturated heterocycles. The molecule has 30 heavy (non-hydrogen) atoms. The van der Waals surface area contributed by atoms with Crippen LogP contribution in [0.25, 0.3) is 0 Å². The first kappa shape index (κ1) is 19.5. The molecule has 7 nitrogen and oxygen atoms in total. The van der Waals surface area contributed by atoms with Gasteiger partial charge in [0.1, 0.15) is 17.9 Å². The second-order valence-corrected chi connectivity index (χ2v) is 9.26. The summed E-state index contributed by atoms with van der Waals surface area (Å²) in [5.41, 5.74) is 1.52. The largest absolute Gasteiger partial charge is 0.489 e. The minimum Gasteiger partial charge on any atom is -0.489 e. The fraction of sp³-hybridized carbons (Fsp3) is 0.609. The van der Waals surface area contributed by atoms with Crippen LogP contribution < -0.4 is 10.1 Å². The number of imide groups is 1. The van der Waals surface area contributed by atoms with Crippen molar-refractivity contribution in [2.45, 2.75) is 70.2 Å². The van der Waals surface area contributed by atoms with Gasteiger partial charge < -0.3 is 9.64 Å². The molecule has 0 aromatic heterocycles. The zero-order valence-corrected chi connectivity index (χ0v) is 17.4. The smallest absolute Gasteiger partial charge is 0.255 e. The minimum absolute atomic E-state index is 0.143. The number of carbonyl (C=O) groups excluding carboxylic acids is 3. The summed E-state index contributed by atoms with van der Waals surface area (Å²) in [5.74, 6) is 0.773. The third kappa shape index (κ3) is 3.49. The first-order valence-corrected chi connectivity index (χ1v) is 11.2. The predicted molar refractivity (Wildman–Crippen MR) is 110 cm³/mol. The maximum atomic E-state index is 12.8. The van der Waals surface area contributed by atoms with Crippen molar-refractivity contribution >= 4 is 17.7 Å². The molecule has 3 heterocycles. The van der Waals surface area contributed by atoms with Gasteiger partial charge in [0.25, 0.3) is 5.91 Å². The molecule has 4 atom stereocenters. The highest BCUT2D eigenvalue weighted by atomic mass is 16.5. The average Bonchev–Trinajstić information content (AvgIpc) is 3.41. The van der Waals surface area contributed by atoms with Crippen molar-refractivity contribution in [1.29, 1.82) is 0 Å². The fourth-order valence-corrected chi connectivity index (χ4v) is 5.53. The zero-order valence-electron chi connectivity index (χ0n) is 17.4. The Balaban J connectivity index is 1.29. The Morgan fingerprint density at radius 2 is 1.97 bits per heavy atom. The van der Waals surface area contributed by atoms with Gasteiger partial charge in [0.2, 0.25) is 11.8 Å². The second-order valence-electron chi connectivity index (χ2n) is 9.26. The van der Waals surface area contributed by atoms with E-state index < -0.39 is 6.04 Å². The third-order valence-electron chi connectivity index (χ3n) is 7.12. The summed E-state index contributed by atoms with van der Waals surface area (Å²) in [5, 5.41) is 2.35. The van der Waals surface area contributed by atoms with Crippen LogP contribution in [0.5, 0.6) is 5.75 Å². The number of benzene rings is 1. The first-order chi connectivity index (χ1) is 14.5. The average molecular weight is 412 g/mol.